The maximum atomic E-state index is 12.0. The van der Waals surface area contributed by atoms with Crippen molar-refractivity contribution in [3.8, 4) is 17.6 Å². The molecule has 0 fully saturated rings. The molecule has 7 heteroatoms. The smallest absolute Gasteiger partial charge is 0.339 e. The normalized spacial score (nSPS) is 10.5. The summed E-state index contributed by atoms with van der Waals surface area (Å²) in [6.45, 7) is 1.83. The van der Waals surface area contributed by atoms with Crippen LogP contribution in [0.3, 0.4) is 0 Å². The van der Waals surface area contributed by atoms with Crippen molar-refractivity contribution >= 4 is 16.0 Å². The van der Waals surface area contributed by atoms with E-state index in [9.17, 15) is 13.2 Å². The lowest BCUT2D eigenvalue weighted by Crippen LogP contribution is -2.24. The van der Waals surface area contributed by atoms with Crippen molar-refractivity contribution < 1.29 is 23.1 Å². The molecule has 0 amide bonds. The van der Waals surface area contributed by atoms with Crippen molar-refractivity contribution in [1.29, 1.82) is 0 Å². The van der Waals surface area contributed by atoms with Gasteiger partial charge in [-0.3, -0.25) is 0 Å². The van der Waals surface area contributed by atoms with Crippen molar-refractivity contribution in [2.24, 2.45) is 0 Å². The van der Waals surface area contributed by atoms with Gasteiger partial charge in [0, 0.05) is 13.0 Å². The second kappa shape index (κ2) is 6.93. The molecule has 0 atom stereocenters. The third-order valence-corrected chi connectivity index (χ3v) is 3.89. The largest absolute Gasteiger partial charge is 0.496 e. The van der Waals surface area contributed by atoms with Crippen molar-refractivity contribution in [2.75, 3.05) is 13.7 Å². The number of hydrogen-bond acceptors (Lipinski definition) is 4. The summed E-state index contributed by atoms with van der Waals surface area (Å²) in [5.41, 5.74) is -0.205. The molecule has 108 valence electrons. The number of methoxy groups -OCH3 is 1. The first-order chi connectivity index (χ1) is 9.42. The van der Waals surface area contributed by atoms with Crippen molar-refractivity contribution in [1.82, 2.24) is 4.72 Å². The minimum absolute atomic E-state index is 0.105. The van der Waals surface area contributed by atoms with Crippen LogP contribution in [0.25, 0.3) is 0 Å². The number of aromatic carboxylic acids is 1. The molecular formula is C13H15NO5S. The first-order valence-electron chi connectivity index (χ1n) is 5.73. The Morgan fingerprint density at radius 1 is 1.45 bits per heavy atom. The molecule has 0 radical (unpaired) electrons. The Kier molecular flexibility index (Phi) is 5.55. The second-order valence-corrected chi connectivity index (χ2v) is 5.51. The highest BCUT2D eigenvalue weighted by atomic mass is 32.2. The van der Waals surface area contributed by atoms with Crippen molar-refractivity contribution in [3.63, 3.8) is 0 Å². The van der Waals surface area contributed by atoms with E-state index < -0.39 is 16.0 Å². The zero-order valence-corrected chi connectivity index (χ0v) is 12.0. The lowest BCUT2D eigenvalue weighted by molar-refractivity contribution is 0.0693. The second-order valence-electron chi connectivity index (χ2n) is 3.74. The predicted octanol–water partition coefficient (Wildman–Crippen LogP) is 1.09. The Bertz CT molecular complexity index is 655. The molecule has 0 heterocycles. The summed E-state index contributed by atoms with van der Waals surface area (Å²) in [5.74, 6) is 4.23. The Morgan fingerprint density at radius 3 is 2.70 bits per heavy atom. The Hall–Kier alpha value is -2.04. The molecule has 1 aromatic rings. The molecule has 1 aromatic carbocycles. The van der Waals surface area contributed by atoms with Gasteiger partial charge in [-0.15, -0.1) is 11.8 Å². The number of ether oxygens (including phenoxy) is 1. The van der Waals surface area contributed by atoms with Crippen LogP contribution in [-0.2, 0) is 10.0 Å². The molecule has 0 aromatic heterocycles. The molecule has 1 rings (SSSR count). The van der Waals surface area contributed by atoms with Crippen LogP contribution in [0.15, 0.2) is 23.1 Å². The molecule has 0 spiro atoms. The third kappa shape index (κ3) is 3.98. The lowest BCUT2D eigenvalue weighted by atomic mass is 10.2. The van der Waals surface area contributed by atoms with E-state index in [1.807, 2.05) is 0 Å². The number of nitrogens with one attached hydrogen (secondary N) is 1. The maximum absolute atomic E-state index is 12.0. The van der Waals surface area contributed by atoms with Gasteiger partial charge in [0.05, 0.1) is 12.0 Å². The van der Waals surface area contributed by atoms with Gasteiger partial charge >= 0.3 is 5.97 Å². The Morgan fingerprint density at radius 2 is 2.15 bits per heavy atom. The zero-order chi connectivity index (χ0) is 15.2. The van der Waals surface area contributed by atoms with Crippen LogP contribution in [0.2, 0.25) is 0 Å². The standard InChI is InChI=1S/C13H15NO5S/c1-3-4-5-8-14-20(17,18)10-6-7-12(19-2)11(9-10)13(15)16/h6-7,9,14H,5,8H2,1-2H3,(H,15,16). The van der Waals surface area contributed by atoms with E-state index in [0.717, 1.165) is 6.07 Å². The number of benzene rings is 1. The van der Waals surface area contributed by atoms with E-state index in [1.165, 1.54) is 19.2 Å². The zero-order valence-electron chi connectivity index (χ0n) is 11.1. The van der Waals surface area contributed by atoms with Crippen LogP contribution in [0.5, 0.6) is 5.75 Å². The molecule has 0 saturated heterocycles. The van der Waals surface area contributed by atoms with Crippen LogP contribution >= 0.6 is 0 Å². The Labute approximate surface area is 117 Å². The fourth-order valence-corrected chi connectivity index (χ4v) is 2.54. The molecule has 2 N–H and O–H groups in total. The number of sulfonamides is 1. The van der Waals surface area contributed by atoms with Gasteiger partial charge in [-0.25, -0.2) is 17.9 Å². The summed E-state index contributed by atoms with van der Waals surface area (Å²) in [7, 11) is -2.44. The van der Waals surface area contributed by atoms with Gasteiger partial charge in [-0.2, -0.15) is 0 Å². The van der Waals surface area contributed by atoms with E-state index in [-0.39, 0.29) is 22.8 Å². The molecule has 20 heavy (non-hydrogen) atoms. The van der Waals surface area contributed by atoms with Crippen LogP contribution in [0.4, 0.5) is 0 Å². The van der Waals surface area contributed by atoms with Gasteiger partial charge in [-0.05, 0) is 25.1 Å². The Balaban J connectivity index is 3.03. The third-order valence-electron chi connectivity index (χ3n) is 2.43. The fraction of sp³-hybridized carbons (Fsp3) is 0.308. The summed E-state index contributed by atoms with van der Waals surface area (Å²) in [6.07, 6.45) is 0.387. The predicted molar refractivity (Wildman–Crippen MR) is 73.2 cm³/mol. The summed E-state index contributed by atoms with van der Waals surface area (Å²) in [5, 5.41) is 9.02. The van der Waals surface area contributed by atoms with Crippen LogP contribution in [-0.4, -0.2) is 33.1 Å². The number of carbonyl (C=O) groups is 1. The van der Waals surface area contributed by atoms with Crippen molar-refractivity contribution in [2.45, 2.75) is 18.2 Å². The molecule has 6 nitrogen and oxygen atoms in total. The highest BCUT2D eigenvalue weighted by Crippen LogP contribution is 2.22. The monoisotopic (exact) mass is 297 g/mol. The fourth-order valence-electron chi connectivity index (χ4n) is 1.48. The number of carboxylic acids is 1. The molecule has 0 aliphatic heterocycles. The van der Waals surface area contributed by atoms with E-state index in [0.29, 0.717) is 6.42 Å². The van der Waals surface area contributed by atoms with Crippen LogP contribution in [0, 0.1) is 11.8 Å². The minimum atomic E-state index is -3.76. The van der Waals surface area contributed by atoms with Gasteiger partial charge in [-0.1, -0.05) is 0 Å². The van der Waals surface area contributed by atoms with Gasteiger partial charge < -0.3 is 9.84 Å². The van der Waals surface area contributed by atoms with Crippen LogP contribution in [0.1, 0.15) is 23.7 Å². The molecule has 0 bridgehead atoms. The molecule has 0 aliphatic rings. The van der Waals surface area contributed by atoms with E-state index in [1.54, 1.807) is 6.92 Å². The quantitative estimate of drug-likeness (QED) is 0.605. The SMILES string of the molecule is CC#CCCNS(=O)(=O)c1ccc(OC)c(C(=O)O)c1. The highest BCUT2D eigenvalue weighted by molar-refractivity contribution is 7.89. The van der Waals surface area contributed by atoms with Gasteiger partial charge in [0.15, 0.2) is 0 Å². The summed E-state index contributed by atoms with van der Waals surface area (Å²) in [6, 6.07) is 3.66. The van der Waals surface area contributed by atoms with Crippen molar-refractivity contribution in [3.05, 3.63) is 23.8 Å². The molecule has 0 aliphatic carbocycles. The lowest BCUT2D eigenvalue weighted by Gasteiger charge is -2.09. The van der Waals surface area contributed by atoms with E-state index >= 15 is 0 Å². The van der Waals surface area contributed by atoms with Gasteiger partial charge in [0.1, 0.15) is 11.3 Å². The summed E-state index contributed by atoms with van der Waals surface area (Å²) in [4.78, 5) is 10.9. The first-order valence-corrected chi connectivity index (χ1v) is 7.21. The topological polar surface area (TPSA) is 92.7 Å². The maximum Gasteiger partial charge on any atom is 0.339 e. The number of rotatable bonds is 6. The highest BCUT2D eigenvalue weighted by Gasteiger charge is 2.18. The number of hydrogen-bond donors (Lipinski definition) is 2. The summed E-state index contributed by atoms with van der Waals surface area (Å²) >= 11 is 0. The average Bonchev–Trinajstić information content (AvgIpc) is 2.42. The van der Waals surface area contributed by atoms with Crippen LogP contribution < -0.4 is 9.46 Å². The molecule has 0 unspecified atom stereocenters. The molecule has 0 saturated carbocycles. The summed E-state index contributed by atoms with van der Waals surface area (Å²) < 4.78 is 31.2. The van der Waals surface area contributed by atoms with Gasteiger partial charge in [0.25, 0.3) is 0 Å². The van der Waals surface area contributed by atoms with Gasteiger partial charge in [0.2, 0.25) is 10.0 Å². The number of carboxylic acid groups (broad SMARTS) is 1. The first kappa shape index (κ1) is 16.0. The van der Waals surface area contributed by atoms with E-state index in [2.05, 4.69) is 16.6 Å². The van der Waals surface area contributed by atoms with E-state index in [4.69, 9.17) is 9.84 Å². The molecular weight excluding hydrogens is 282 g/mol. The average molecular weight is 297 g/mol. The minimum Gasteiger partial charge on any atom is -0.496 e.